The number of thiocarbonyl (C=S) groups is 1. The first-order chi connectivity index (χ1) is 23.6. The molecule has 244 valence electrons. The third-order valence-corrected chi connectivity index (χ3v) is 13.1. The fraction of sp³-hybridized carbons (Fsp3) is 0.119. The summed E-state index contributed by atoms with van der Waals surface area (Å²) >= 11 is 5.30. The van der Waals surface area contributed by atoms with Gasteiger partial charge >= 0.3 is 156 Å². The van der Waals surface area contributed by atoms with E-state index in [-0.39, 0.29) is 0 Å². The third kappa shape index (κ3) is 9.32. The van der Waals surface area contributed by atoms with Gasteiger partial charge in [0.15, 0.2) is 5.11 Å². The average molecular weight is 671 g/mol. The van der Waals surface area contributed by atoms with Gasteiger partial charge in [-0.15, -0.1) is 0 Å². The molecule has 6 aromatic rings. The van der Waals surface area contributed by atoms with Crippen LogP contribution in [-0.4, -0.2) is 18.3 Å². The zero-order chi connectivity index (χ0) is 33.4. The number of nitrogens with one attached hydrogen (secondary N) is 2. The van der Waals surface area contributed by atoms with E-state index in [2.05, 4.69) is 132 Å². The van der Waals surface area contributed by atoms with Gasteiger partial charge in [0, 0.05) is 11.4 Å². The van der Waals surface area contributed by atoms with E-state index in [0.29, 0.717) is 18.3 Å². The van der Waals surface area contributed by atoms with E-state index < -0.39 is 7.26 Å². The molecule has 0 atom stereocenters. The molecule has 6 aromatic carbocycles. The van der Waals surface area contributed by atoms with Gasteiger partial charge in [0.05, 0.1) is 13.2 Å². The monoisotopic (exact) mass is 670 g/mol. The quantitative estimate of drug-likeness (QED) is 0.106. The van der Waals surface area contributed by atoms with Crippen LogP contribution in [0.5, 0.6) is 11.5 Å². The van der Waals surface area contributed by atoms with Gasteiger partial charge in [0.1, 0.15) is 11.5 Å². The van der Waals surface area contributed by atoms with Crippen molar-refractivity contribution in [3.8, 4) is 11.5 Å². The van der Waals surface area contributed by atoms with Crippen molar-refractivity contribution in [3.05, 3.63) is 175 Å². The minimum absolute atomic E-state index is 0.535. The molecule has 0 fully saturated rings. The van der Waals surface area contributed by atoms with Gasteiger partial charge in [-0.2, -0.15) is 0 Å². The van der Waals surface area contributed by atoms with Gasteiger partial charge in [-0.25, -0.2) is 0 Å². The maximum atomic E-state index is 5.40. The zero-order valence-corrected chi connectivity index (χ0v) is 29.3. The Morgan fingerprint density at radius 1 is 0.479 bits per heavy atom. The van der Waals surface area contributed by atoms with E-state index in [9.17, 15) is 0 Å². The molecule has 0 aliphatic heterocycles. The number of hydrogen-bond acceptors (Lipinski definition) is 3. The third-order valence-electron chi connectivity index (χ3n) is 7.96. The molecule has 0 bridgehead atoms. The molecule has 0 aromatic heterocycles. The normalized spacial score (nSPS) is 11.0. The summed E-state index contributed by atoms with van der Waals surface area (Å²) in [4.78, 5) is 0. The Morgan fingerprint density at radius 2 is 0.812 bits per heavy atom. The molecule has 6 heteroatoms. The van der Waals surface area contributed by atoms with Crippen LogP contribution < -0.4 is 36.0 Å². The summed E-state index contributed by atoms with van der Waals surface area (Å²) in [6, 6.07) is 59.5. The summed E-state index contributed by atoms with van der Waals surface area (Å²) in [6.07, 6.45) is 1.06. The summed E-state index contributed by atoms with van der Waals surface area (Å²) in [5, 5.41) is 11.2. The molecule has 4 nitrogen and oxygen atoms in total. The van der Waals surface area contributed by atoms with E-state index in [1.165, 1.54) is 21.5 Å². The molecule has 0 aliphatic carbocycles. The summed E-state index contributed by atoms with van der Waals surface area (Å²) in [5.41, 5.74) is 3.22. The molecular formula is C42H43N2O2PS. The van der Waals surface area contributed by atoms with E-state index >= 15 is 0 Å². The summed E-state index contributed by atoms with van der Waals surface area (Å²) < 4.78 is 10.8. The van der Waals surface area contributed by atoms with Crippen molar-refractivity contribution in [1.29, 1.82) is 0 Å². The number of ether oxygens (including phenoxy) is 2. The van der Waals surface area contributed by atoms with Crippen molar-refractivity contribution in [1.82, 2.24) is 0 Å². The van der Waals surface area contributed by atoms with Gasteiger partial charge < -0.3 is 20.1 Å². The van der Waals surface area contributed by atoms with Crippen LogP contribution in [0, 0.1) is 0 Å². The Kier molecular flexibility index (Phi) is 12.8. The van der Waals surface area contributed by atoms with Crippen LogP contribution in [0.1, 0.15) is 19.4 Å². The van der Waals surface area contributed by atoms with Crippen LogP contribution in [0.15, 0.2) is 170 Å². The number of rotatable bonds is 11. The molecule has 2 N–H and O–H groups in total. The molecule has 0 radical (unpaired) electrons. The zero-order valence-electron chi connectivity index (χ0n) is 27.5. The van der Waals surface area contributed by atoms with E-state index in [0.717, 1.165) is 29.0 Å². The molecule has 0 spiro atoms. The molecule has 0 saturated carbocycles. The van der Waals surface area contributed by atoms with Crippen LogP contribution in [0.3, 0.4) is 0 Å². The van der Waals surface area contributed by atoms with Crippen LogP contribution in [0.2, 0.25) is 0 Å². The summed E-state index contributed by atoms with van der Waals surface area (Å²) in [5.74, 6) is 1.69. The second-order valence-electron chi connectivity index (χ2n) is 11.2. The predicted molar refractivity (Wildman–Crippen MR) is 212 cm³/mol. The van der Waals surface area contributed by atoms with Gasteiger partial charge in [-0.05, 0) is 74.6 Å². The molecule has 48 heavy (non-hydrogen) atoms. The van der Waals surface area contributed by atoms with Gasteiger partial charge in [0.2, 0.25) is 0 Å². The van der Waals surface area contributed by atoms with Crippen molar-refractivity contribution in [2.24, 2.45) is 0 Å². The van der Waals surface area contributed by atoms with Crippen molar-refractivity contribution >= 4 is 51.9 Å². The summed E-state index contributed by atoms with van der Waals surface area (Å²) in [7, 11) is -2.16. The Labute approximate surface area is 291 Å². The molecule has 6 rings (SSSR count). The number of benzene rings is 6. The fourth-order valence-corrected chi connectivity index (χ4v) is 10.8. The first-order valence-corrected chi connectivity index (χ1v) is 19.0. The first kappa shape index (κ1) is 34.4. The van der Waals surface area contributed by atoms with Crippen LogP contribution in [0.25, 0.3) is 0 Å². The topological polar surface area (TPSA) is 42.5 Å². The average Bonchev–Trinajstić information content (AvgIpc) is 3.14. The maximum absolute atomic E-state index is 5.40. The van der Waals surface area contributed by atoms with Gasteiger partial charge in [-0.3, -0.25) is 0 Å². The molecule has 0 heterocycles. The van der Waals surface area contributed by atoms with Crippen molar-refractivity contribution < 1.29 is 9.47 Å². The number of anilines is 2. The van der Waals surface area contributed by atoms with Crippen molar-refractivity contribution in [2.75, 3.05) is 23.8 Å². The standard InChI is InChI=1S/C25H23P.C17H20N2O2S/c1-5-13-22(14-6-1)21-26(23-15-7-2-8-16-23,24-17-9-3-10-18-24)25-19-11-4-12-20-25;1-3-20-15-9-5-13(6-10-15)18-17(22)19-14-7-11-16(12-8-14)21-4-2/h1-20,26H,21H2;5-12H,3-4H2,1-2H3,(H2,18,19,22). The van der Waals surface area contributed by atoms with Crippen LogP contribution in [0.4, 0.5) is 11.4 Å². The van der Waals surface area contributed by atoms with Gasteiger partial charge in [0.25, 0.3) is 0 Å². The van der Waals surface area contributed by atoms with Crippen molar-refractivity contribution in [3.63, 3.8) is 0 Å². The van der Waals surface area contributed by atoms with Crippen molar-refractivity contribution in [2.45, 2.75) is 20.0 Å². The second kappa shape index (κ2) is 17.8. The fourth-order valence-electron chi connectivity index (χ4n) is 5.77. The Hall–Kier alpha value is -4.96. The second-order valence-corrected chi connectivity index (χ2v) is 15.5. The Bertz CT molecular complexity index is 1650. The Balaban J connectivity index is 0.000000191. The van der Waals surface area contributed by atoms with E-state index in [4.69, 9.17) is 21.7 Å². The molecular weight excluding hydrogens is 628 g/mol. The molecule has 0 aliphatic rings. The number of hydrogen-bond donors (Lipinski definition) is 2. The molecule has 0 unspecified atom stereocenters. The SMILES string of the molecule is CCOc1ccc(NC(=S)Nc2ccc(OCC)cc2)cc1.c1ccc(C[PH](c2ccccc2)(c2ccccc2)c2ccccc2)cc1. The van der Waals surface area contributed by atoms with E-state index in [1.807, 2.05) is 62.4 Å². The van der Waals surface area contributed by atoms with Gasteiger partial charge in [-0.1, -0.05) is 0 Å². The first-order valence-electron chi connectivity index (χ1n) is 16.3. The van der Waals surface area contributed by atoms with Crippen LogP contribution in [-0.2, 0) is 6.16 Å². The molecule has 0 saturated heterocycles. The Morgan fingerprint density at radius 3 is 1.15 bits per heavy atom. The predicted octanol–water partition coefficient (Wildman–Crippen LogP) is 9.21. The minimum atomic E-state index is -2.16. The molecule has 0 amide bonds. The van der Waals surface area contributed by atoms with Crippen LogP contribution >= 0.6 is 19.5 Å². The van der Waals surface area contributed by atoms with E-state index in [1.54, 1.807) is 0 Å². The summed E-state index contributed by atoms with van der Waals surface area (Å²) in [6.45, 7) is 5.24.